The molecule has 0 radical (unpaired) electrons. The molecule has 1 N–H and O–H groups in total. The Morgan fingerprint density at radius 2 is 2.00 bits per heavy atom. The Hall–Kier alpha value is -3.03. The smallest absolute Gasteiger partial charge is 0.306 e. The fourth-order valence-corrected chi connectivity index (χ4v) is 3.74. The largest absolute Gasteiger partial charge is 0.496 e. The number of para-hydroxylation sites is 1. The van der Waals surface area contributed by atoms with Crippen LogP contribution in [0.25, 0.3) is 22.3 Å². The molecule has 31 heavy (non-hydrogen) atoms. The van der Waals surface area contributed by atoms with Crippen LogP contribution in [0.5, 0.6) is 11.5 Å². The second-order valence-corrected chi connectivity index (χ2v) is 7.71. The van der Waals surface area contributed by atoms with E-state index in [2.05, 4.69) is 0 Å². The van der Waals surface area contributed by atoms with Gasteiger partial charge in [-0.15, -0.1) is 0 Å². The lowest BCUT2D eigenvalue weighted by Crippen LogP contribution is -2.36. The molecule has 1 saturated carbocycles. The van der Waals surface area contributed by atoms with Crippen LogP contribution < -0.4 is 14.9 Å². The summed E-state index contributed by atoms with van der Waals surface area (Å²) in [6.07, 6.45) is 1.03. The number of carboxylic acid groups (broad SMARTS) is 1. The summed E-state index contributed by atoms with van der Waals surface area (Å²) in [5.74, 6) is 0.313. The molecule has 162 valence electrons. The molecule has 1 fully saturated rings. The third-order valence-electron chi connectivity index (χ3n) is 5.29. The van der Waals surface area contributed by atoms with Crippen molar-refractivity contribution in [1.82, 2.24) is 0 Å². The maximum atomic E-state index is 12.5. The van der Waals surface area contributed by atoms with E-state index in [4.69, 9.17) is 35.3 Å². The molecule has 1 aliphatic carbocycles. The van der Waals surface area contributed by atoms with Gasteiger partial charge < -0.3 is 23.7 Å². The standard InChI is InChI=1S/C23H21ClO7/c1-28-20-6-5-14(29-7-8-30-15-9-13(10-15)23(26)27)11-17(20)21-12-19(25)16-3-2-4-18(24)22(16)31-21/h2-6,11-13,15H,7-10H2,1H3,(H,26,27)/t13-,15+. The Labute approximate surface area is 183 Å². The average Bonchev–Trinajstić information content (AvgIpc) is 2.72. The summed E-state index contributed by atoms with van der Waals surface area (Å²) in [5.41, 5.74) is 0.664. The lowest BCUT2D eigenvalue weighted by Gasteiger charge is -2.31. The molecule has 4 rings (SSSR count). The summed E-state index contributed by atoms with van der Waals surface area (Å²) < 4.78 is 22.7. The van der Waals surface area contributed by atoms with Crippen LogP contribution in [0.2, 0.25) is 5.02 Å². The van der Waals surface area contributed by atoms with E-state index in [0.717, 1.165) is 0 Å². The molecule has 2 aromatic carbocycles. The Morgan fingerprint density at radius 3 is 2.74 bits per heavy atom. The van der Waals surface area contributed by atoms with Gasteiger partial charge in [-0.25, -0.2) is 0 Å². The van der Waals surface area contributed by atoms with E-state index in [-0.39, 0.29) is 17.5 Å². The van der Waals surface area contributed by atoms with Crippen molar-refractivity contribution >= 4 is 28.5 Å². The van der Waals surface area contributed by atoms with Crippen LogP contribution in [0.15, 0.2) is 51.7 Å². The van der Waals surface area contributed by atoms with Crippen molar-refractivity contribution in [2.75, 3.05) is 20.3 Å². The highest BCUT2D eigenvalue weighted by Gasteiger charge is 2.34. The number of carbonyl (C=O) groups is 1. The highest BCUT2D eigenvalue weighted by Crippen LogP contribution is 2.35. The van der Waals surface area contributed by atoms with Gasteiger partial charge in [-0.1, -0.05) is 17.7 Å². The number of hydrogen-bond donors (Lipinski definition) is 1. The first-order valence-corrected chi connectivity index (χ1v) is 10.2. The maximum Gasteiger partial charge on any atom is 0.306 e. The predicted octanol–water partition coefficient (Wildman–Crippen LogP) is 4.38. The zero-order valence-corrected chi connectivity index (χ0v) is 17.6. The molecule has 0 spiro atoms. The molecule has 0 atom stereocenters. The highest BCUT2D eigenvalue weighted by molar-refractivity contribution is 6.34. The van der Waals surface area contributed by atoms with E-state index < -0.39 is 5.97 Å². The molecule has 1 heterocycles. The van der Waals surface area contributed by atoms with Crippen molar-refractivity contribution in [2.24, 2.45) is 5.92 Å². The topological polar surface area (TPSA) is 95.2 Å². The van der Waals surface area contributed by atoms with Crippen molar-refractivity contribution in [1.29, 1.82) is 0 Å². The lowest BCUT2D eigenvalue weighted by atomic mass is 9.82. The Balaban J connectivity index is 1.48. The van der Waals surface area contributed by atoms with Crippen LogP contribution in [0, 0.1) is 5.92 Å². The van der Waals surface area contributed by atoms with E-state index in [9.17, 15) is 9.59 Å². The van der Waals surface area contributed by atoms with Gasteiger partial charge in [-0.2, -0.15) is 0 Å². The minimum atomic E-state index is -0.775. The van der Waals surface area contributed by atoms with Gasteiger partial charge in [-0.05, 0) is 43.2 Å². The lowest BCUT2D eigenvalue weighted by molar-refractivity contribution is -0.151. The minimum absolute atomic E-state index is 0.0345. The molecule has 0 aliphatic heterocycles. The molecule has 1 aliphatic rings. The molecule has 0 amide bonds. The van der Waals surface area contributed by atoms with Gasteiger partial charge >= 0.3 is 5.97 Å². The number of aliphatic carboxylic acids is 1. The van der Waals surface area contributed by atoms with E-state index in [0.29, 0.717) is 64.9 Å². The second kappa shape index (κ2) is 8.99. The van der Waals surface area contributed by atoms with Crippen molar-refractivity contribution < 1.29 is 28.5 Å². The van der Waals surface area contributed by atoms with Crippen LogP contribution in [0.3, 0.4) is 0 Å². The van der Waals surface area contributed by atoms with Crippen LogP contribution in [-0.4, -0.2) is 37.5 Å². The minimum Gasteiger partial charge on any atom is -0.496 e. The molecule has 7 nitrogen and oxygen atoms in total. The number of hydrogen-bond acceptors (Lipinski definition) is 6. The number of rotatable bonds is 8. The van der Waals surface area contributed by atoms with Crippen LogP contribution in [0.4, 0.5) is 0 Å². The summed E-state index contributed by atoms with van der Waals surface area (Å²) in [6.45, 7) is 0.645. The van der Waals surface area contributed by atoms with Crippen molar-refractivity contribution in [2.45, 2.75) is 18.9 Å². The first kappa shape index (κ1) is 21.2. The van der Waals surface area contributed by atoms with Gasteiger partial charge in [-0.3, -0.25) is 9.59 Å². The van der Waals surface area contributed by atoms with Gasteiger partial charge in [0.1, 0.15) is 23.9 Å². The summed E-state index contributed by atoms with van der Waals surface area (Å²) in [6, 6.07) is 11.6. The Kier molecular flexibility index (Phi) is 6.15. The summed E-state index contributed by atoms with van der Waals surface area (Å²) in [7, 11) is 1.53. The first-order chi connectivity index (χ1) is 15.0. The highest BCUT2D eigenvalue weighted by atomic mass is 35.5. The third-order valence-corrected chi connectivity index (χ3v) is 5.59. The molecule has 1 aromatic heterocycles. The number of halogens is 1. The van der Waals surface area contributed by atoms with Gasteiger partial charge in [0.25, 0.3) is 0 Å². The number of methoxy groups -OCH3 is 1. The summed E-state index contributed by atoms with van der Waals surface area (Å²) in [5, 5.41) is 9.65. The molecule has 8 heteroatoms. The van der Waals surface area contributed by atoms with E-state index >= 15 is 0 Å². The zero-order chi connectivity index (χ0) is 22.0. The third kappa shape index (κ3) is 4.52. The fraction of sp³-hybridized carbons (Fsp3) is 0.304. The van der Waals surface area contributed by atoms with Gasteiger partial charge in [0.15, 0.2) is 11.0 Å². The first-order valence-electron chi connectivity index (χ1n) is 9.84. The number of fused-ring (bicyclic) bond motifs is 1. The normalized spacial score (nSPS) is 17.9. The van der Waals surface area contributed by atoms with Crippen molar-refractivity contribution in [3.63, 3.8) is 0 Å². The fourth-order valence-electron chi connectivity index (χ4n) is 3.52. The molecule has 0 saturated heterocycles. The van der Waals surface area contributed by atoms with Gasteiger partial charge in [0.05, 0.1) is 41.7 Å². The van der Waals surface area contributed by atoms with Gasteiger partial charge in [0, 0.05) is 6.07 Å². The summed E-state index contributed by atoms with van der Waals surface area (Å²) in [4.78, 5) is 23.4. The van der Waals surface area contributed by atoms with E-state index in [1.54, 1.807) is 36.4 Å². The van der Waals surface area contributed by atoms with Crippen molar-refractivity contribution in [3.05, 3.63) is 57.7 Å². The molecule has 0 bridgehead atoms. The number of carboxylic acids is 1. The van der Waals surface area contributed by atoms with Crippen LogP contribution in [0.1, 0.15) is 12.8 Å². The monoisotopic (exact) mass is 444 g/mol. The van der Waals surface area contributed by atoms with Crippen LogP contribution >= 0.6 is 11.6 Å². The molecular formula is C23H21ClO7. The molecule has 0 unspecified atom stereocenters. The van der Waals surface area contributed by atoms with Crippen LogP contribution in [-0.2, 0) is 9.53 Å². The van der Waals surface area contributed by atoms with Crippen molar-refractivity contribution in [3.8, 4) is 22.8 Å². The quantitative estimate of drug-likeness (QED) is 0.515. The zero-order valence-electron chi connectivity index (χ0n) is 16.8. The Morgan fingerprint density at radius 1 is 1.19 bits per heavy atom. The van der Waals surface area contributed by atoms with E-state index in [1.165, 1.54) is 13.2 Å². The average molecular weight is 445 g/mol. The SMILES string of the molecule is COc1ccc(OCCO[C@H]2C[C@@H](C(=O)O)C2)cc1-c1cc(=O)c2cccc(Cl)c2o1. The van der Waals surface area contributed by atoms with E-state index in [1.807, 2.05) is 0 Å². The number of benzene rings is 2. The van der Waals surface area contributed by atoms with Gasteiger partial charge in [0.2, 0.25) is 0 Å². The predicted molar refractivity (Wildman–Crippen MR) is 115 cm³/mol. The Bertz CT molecular complexity index is 1160. The summed E-state index contributed by atoms with van der Waals surface area (Å²) >= 11 is 6.21. The maximum absolute atomic E-state index is 12.5. The molecular weight excluding hydrogens is 424 g/mol. The molecule has 3 aromatic rings. The second-order valence-electron chi connectivity index (χ2n) is 7.30. The number of ether oxygens (including phenoxy) is 3.